The molecule has 0 atom stereocenters. The van der Waals surface area contributed by atoms with Gasteiger partial charge >= 0.3 is 0 Å². The average Bonchev–Trinajstić information content (AvgIpc) is 2.59. The van der Waals surface area contributed by atoms with Gasteiger partial charge in [0.05, 0.1) is 5.41 Å². The van der Waals surface area contributed by atoms with E-state index in [1.54, 1.807) is 0 Å². The molecule has 0 spiro atoms. The number of terminal acetylenes is 1. The van der Waals surface area contributed by atoms with Crippen LogP contribution in [0, 0.1) is 12.3 Å². The molecule has 0 amide bonds. The van der Waals surface area contributed by atoms with Gasteiger partial charge in [-0.25, -0.2) is 0 Å². The maximum atomic E-state index is 5.72. The van der Waals surface area contributed by atoms with E-state index < -0.39 is 0 Å². The zero-order chi connectivity index (χ0) is 15.4. The Morgan fingerprint density at radius 2 is 1.00 bits per heavy atom. The summed E-state index contributed by atoms with van der Waals surface area (Å²) in [5, 5.41) is 0. The minimum absolute atomic E-state index is 0.345. The van der Waals surface area contributed by atoms with E-state index in [2.05, 4.69) is 37.1 Å². The molecule has 0 fully saturated rings. The molecule has 0 aliphatic heterocycles. The Balaban J connectivity index is 0.000000829. The molecule has 0 aliphatic carbocycles. The molecule has 106 valence electrons. The van der Waals surface area contributed by atoms with E-state index in [1.165, 1.54) is 0 Å². The summed E-state index contributed by atoms with van der Waals surface area (Å²) < 4.78 is 0. The first kappa shape index (κ1) is 18.0. The third-order valence-electron chi connectivity index (χ3n) is 2.99. The van der Waals surface area contributed by atoms with E-state index in [9.17, 15) is 0 Å². The van der Waals surface area contributed by atoms with Crippen molar-refractivity contribution in [2.45, 2.75) is 40.0 Å². The van der Waals surface area contributed by atoms with Crippen molar-refractivity contribution in [3.8, 4) is 12.3 Å². The normalized spacial score (nSPS) is 9.20. The second kappa shape index (κ2) is 9.87. The zero-order valence-corrected chi connectivity index (χ0v) is 13.4. The molecule has 0 nitrogen and oxygen atoms in total. The Bertz CT molecular complexity index is 449. The molecular weight excluding hydrogens is 240 g/mol. The van der Waals surface area contributed by atoms with Crippen LogP contribution in [0.2, 0.25) is 0 Å². The third kappa shape index (κ3) is 4.28. The maximum absolute atomic E-state index is 5.72. The molecule has 0 bridgehead atoms. The largest absolute Gasteiger partial charge is 0.119 e. The van der Waals surface area contributed by atoms with Gasteiger partial charge in [-0.2, -0.15) is 0 Å². The van der Waals surface area contributed by atoms with Gasteiger partial charge < -0.3 is 0 Å². The molecule has 0 unspecified atom stereocenters. The smallest absolute Gasteiger partial charge is 0.0781 e. The van der Waals surface area contributed by atoms with Gasteiger partial charge in [-0.15, -0.1) is 6.42 Å². The van der Waals surface area contributed by atoms with Gasteiger partial charge in [0.15, 0.2) is 0 Å². The summed E-state index contributed by atoms with van der Waals surface area (Å²) in [7, 11) is 0. The molecule has 0 aromatic heterocycles. The minimum Gasteiger partial charge on any atom is -0.119 e. The highest BCUT2D eigenvalue weighted by molar-refractivity contribution is 5.45. The molecule has 0 heterocycles. The van der Waals surface area contributed by atoms with Crippen molar-refractivity contribution < 1.29 is 0 Å². The van der Waals surface area contributed by atoms with E-state index in [-0.39, 0.29) is 5.41 Å². The van der Waals surface area contributed by atoms with Crippen molar-refractivity contribution in [2.24, 2.45) is 0 Å². The van der Waals surface area contributed by atoms with Crippen molar-refractivity contribution in [1.29, 1.82) is 0 Å². The summed E-state index contributed by atoms with van der Waals surface area (Å²) >= 11 is 0. The molecule has 0 aliphatic rings. The van der Waals surface area contributed by atoms with Gasteiger partial charge in [-0.05, 0) is 18.1 Å². The van der Waals surface area contributed by atoms with Crippen molar-refractivity contribution in [1.82, 2.24) is 0 Å². The molecule has 0 heteroatoms. The van der Waals surface area contributed by atoms with Crippen LogP contribution in [0.1, 0.15) is 45.7 Å². The van der Waals surface area contributed by atoms with Crippen LogP contribution in [0.25, 0.3) is 0 Å². The number of benzene rings is 2. The highest BCUT2D eigenvalue weighted by Gasteiger charge is 2.25. The highest BCUT2D eigenvalue weighted by Crippen LogP contribution is 2.30. The molecule has 0 radical (unpaired) electrons. The van der Waals surface area contributed by atoms with Crippen molar-refractivity contribution >= 4 is 0 Å². The quantitative estimate of drug-likeness (QED) is 0.614. The van der Waals surface area contributed by atoms with Crippen LogP contribution < -0.4 is 0 Å². The topological polar surface area (TPSA) is 0 Å². The Morgan fingerprint density at radius 3 is 1.25 bits per heavy atom. The lowest BCUT2D eigenvalue weighted by Gasteiger charge is -2.24. The van der Waals surface area contributed by atoms with Gasteiger partial charge in [0, 0.05) is 0 Å². The van der Waals surface area contributed by atoms with Crippen LogP contribution in [0.3, 0.4) is 0 Å². The Labute approximate surface area is 124 Å². The molecule has 0 saturated heterocycles. The predicted molar refractivity (Wildman–Crippen MR) is 90.9 cm³/mol. The second-order valence-electron chi connectivity index (χ2n) is 4.00. The van der Waals surface area contributed by atoms with Gasteiger partial charge in [0.25, 0.3) is 0 Å². The van der Waals surface area contributed by atoms with E-state index in [0.29, 0.717) is 0 Å². The lowest BCUT2D eigenvalue weighted by molar-refractivity contribution is 0.754. The molecule has 2 rings (SSSR count). The van der Waals surface area contributed by atoms with Crippen LogP contribution in [0.4, 0.5) is 0 Å². The lowest BCUT2D eigenvalue weighted by Crippen LogP contribution is -2.20. The molecule has 2 aromatic carbocycles. The van der Waals surface area contributed by atoms with Crippen LogP contribution in [0.15, 0.2) is 60.7 Å². The van der Waals surface area contributed by atoms with Gasteiger partial charge in [-0.3, -0.25) is 0 Å². The Kier molecular flexibility index (Phi) is 8.88. The number of hydrogen-bond donors (Lipinski definition) is 0. The van der Waals surface area contributed by atoms with Crippen molar-refractivity contribution in [3.63, 3.8) is 0 Å². The highest BCUT2D eigenvalue weighted by atomic mass is 14.3. The van der Waals surface area contributed by atoms with Crippen LogP contribution in [-0.2, 0) is 5.41 Å². The summed E-state index contributed by atoms with van der Waals surface area (Å²) in [5.41, 5.74) is 1.97. The summed E-state index contributed by atoms with van der Waals surface area (Å²) in [6.45, 7) is 10.1. The van der Waals surface area contributed by atoms with Crippen LogP contribution in [0.5, 0.6) is 0 Å². The van der Waals surface area contributed by atoms with Crippen LogP contribution >= 0.6 is 0 Å². The van der Waals surface area contributed by atoms with Crippen LogP contribution in [-0.4, -0.2) is 0 Å². The van der Waals surface area contributed by atoms with E-state index >= 15 is 0 Å². The lowest BCUT2D eigenvalue weighted by atomic mass is 9.77. The van der Waals surface area contributed by atoms with Gasteiger partial charge in [0.2, 0.25) is 0 Å². The summed E-state index contributed by atoms with van der Waals surface area (Å²) in [6, 6.07) is 20.4. The first-order chi connectivity index (χ1) is 9.77. The minimum atomic E-state index is -0.345. The van der Waals surface area contributed by atoms with E-state index in [1.807, 2.05) is 64.1 Å². The van der Waals surface area contributed by atoms with Crippen molar-refractivity contribution in [3.05, 3.63) is 71.8 Å². The van der Waals surface area contributed by atoms with Crippen molar-refractivity contribution in [2.75, 3.05) is 0 Å². The fraction of sp³-hybridized carbons (Fsp3) is 0.300. The fourth-order valence-electron chi connectivity index (χ4n) is 1.88. The SMILES string of the molecule is C#CC(C)(c1ccccc1)c1ccccc1.CC.CC. The molecular formula is C20H26. The first-order valence-corrected chi connectivity index (χ1v) is 7.36. The predicted octanol–water partition coefficient (Wildman–Crippen LogP) is 5.68. The summed E-state index contributed by atoms with van der Waals surface area (Å²) in [5.74, 6) is 2.91. The van der Waals surface area contributed by atoms with Gasteiger partial charge in [0.1, 0.15) is 0 Å². The molecule has 0 saturated carbocycles. The molecule has 20 heavy (non-hydrogen) atoms. The molecule has 0 N–H and O–H groups in total. The summed E-state index contributed by atoms with van der Waals surface area (Å²) in [4.78, 5) is 0. The van der Waals surface area contributed by atoms with E-state index in [4.69, 9.17) is 6.42 Å². The number of hydrogen-bond acceptors (Lipinski definition) is 0. The second-order valence-corrected chi connectivity index (χ2v) is 4.00. The Hall–Kier alpha value is -2.00. The standard InChI is InChI=1S/C16H14.2C2H6/c1-3-16(2,14-10-6-4-7-11-14)15-12-8-5-9-13-15;2*1-2/h1,4-13H,2H3;2*1-2H3. The third-order valence-corrected chi connectivity index (χ3v) is 2.99. The fourth-order valence-corrected chi connectivity index (χ4v) is 1.88. The monoisotopic (exact) mass is 266 g/mol. The number of rotatable bonds is 2. The zero-order valence-electron chi connectivity index (χ0n) is 13.4. The van der Waals surface area contributed by atoms with Gasteiger partial charge in [-0.1, -0.05) is 94.3 Å². The van der Waals surface area contributed by atoms with E-state index in [0.717, 1.165) is 11.1 Å². The summed E-state index contributed by atoms with van der Waals surface area (Å²) in [6.07, 6.45) is 5.72. The maximum Gasteiger partial charge on any atom is 0.0781 e. The first-order valence-electron chi connectivity index (χ1n) is 7.36. The molecule has 2 aromatic rings. The average molecular weight is 266 g/mol. The Morgan fingerprint density at radius 1 is 0.700 bits per heavy atom.